The summed E-state index contributed by atoms with van der Waals surface area (Å²) in [6, 6.07) is 1.65. The van der Waals surface area contributed by atoms with Crippen LogP contribution >= 0.6 is 22.9 Å². The molecule has 2 aromatic heterocycles. The van der Waals surface area contributed by atoms with Gasteiger partial charge in [0.15, 0.2) is 0 Å². The molecule has 102 valence electrons. The normalized spacial score (nSPS) is 12.4. The zero-order valence-electron chi connectivity index (χ0n) is 11.0. The van der Waals surface area contributed by atoms with Crippen LogP contribution in [0.3, 0.4) is 0 Å². The minimum absolute atomic E-state index is 0.103. The summed E-state index contributed by atoms with van der Waals surface area (Å²) < 4.78 is 0. The van der Waals surface area contributed by atoms with Crippen molar-refractivity contribution in [2.45, 2.75) is 26.3 Å². The van der Waals surface area contributed by atoms with Gasteiger partial charge in [-0.15, -0.1) is 11.3 Å². The van der Waals surface area contributed by atoms with Crippen molar-refractivity contribution in [2.24, 2.45) is 0 Å². The molecule has 0 aliphatic rings. The van der Waals surface area contributed by atoms with Gasteiger partial charge in [-0.25, -0.2) is 9.97 Å². The molecule has 2 N–H and O–H groups in total. The average molecular weight is 299 g/mol. The Labute approximate surface area is 120 Å². The van der Waals surface area contributed by atoms with Gasteiger partial charge in [-0.1, -0.05) is 6.92 Å². The first-order chi connectivity index (χ1) is 9.05. The standard InChI is InChI=1S/C12H15ClN4OS/c1-4-7-5-8-9(15-6(2)10(18)14-3)16-12(13)17-11(8)19-7/h5-6H,4H2,1-3H3,(H,14,18)(H,15,16,17). The summed E-state index contributed by atoms with van der Waals surface area (Å²) in [6.45, 7) is 3.85. The van der Waals surface area contributed by atoms with Gasteiger partial charge in [-0.05, 0) is 31.0 Å². The maximum absolute atomic E-state index is 11.6. The van der Waals surface area contributed by atoms with Gasteiger partial charge >= 0.3 is 0 Å². The number of nitrogens with one attached hydrogen (secondary N) is 2. The van der Waals surface area contributed by atoms with Gasteiger partial charge in [0, 0.05) is 11.9 Å². The number of carbonyl (C=O) groups is 1. The third kappa shape index (κ3) is 2.96. The van der Waals surface area contributed by atoms with E-state index < -0.39 is 0 Å². The van der Waals surface area contributed by atoms with Crippen LogP contribution in [0, 0.1) is 0 Å². The molecule has 5 nitrogen and oxygen atoms in total. The number of likely N-dealkylation sites (N-methyl/N-ethyl adjacent to an activating group) is 1. The number of nitrogens with zero attached hydrogens (tertiary/aromatic N) is 2. The van der Waals surface area contributed by atoms with Crippen molar-refractivity contribution >= 4 is 44.9 Å². The molecular formula is C12H15ClN4OS. The fraction of sp³-hybridized carbons (Fsp3) is 0.417. The Morgan fingerprint density at radius 3 is 2.89 bits per heavy atom. The van der Waals surface area contributed by atoms with Crippen LogP contribution in [0.25, 0.3) is 10.2 Å². The number of aromatic nitrogens is 2. The minimum atomic E-state index is -0.385. The van der Waals surface area contributed by atoms with Crippen LogP contribution in [-0.2, 0) is 11.2 Å². The summed E-state index contributed by atoms with van der Waals surface area (Å²) in [5.41, 5.74) is 0. The molecule has 0 radical (unpaired) electrons. The Morgan fingerprint density at radius 2 is 2.26 bits per heavy atom. The molecule has 2 rings (SSSR count). The van der Waals surface area contributed by atoms with Gasteiger partial charge in [0.1, 0.15) is 16.7 Å². The number of carbonyl (C=O) groups excluding carboxylic acids is 1. The lowest BCUT2D eigenvalue weighted by atomic mass is 10.2. The molecule has 0 aromatic carbocycles. The first-order valence-electron chi connectivity index (χ1n) is 5.99. The number of thiophene rings is 1. The summed E-state index contributed by atoms with van der Waals surface area (Å²) in [4.78, 5) is 22.0. The molecule has 7 heteroatoms. The third-order valence-electron chi connectivity index (χ3n) is 2.76. The molecule has 2 heterocycles. The summed E-state index contributed by atoms with van der Waals surface area (Å²) >= 11 is 7.51. The molecule has 1 amide bonds. The number of hydrogen-bond donors (Lipinski definition) is 2. The van der Waals surface area contributed by atoms with E-state index in [0.717, 1.165) is 16.6 Å². The van der Waals surface area contributed by atoms with Crippen molar-refractivity contribution < 1.29 is 4.79 Å². The maximum atomic E-state index is 11.6. The summed E-state index contributed by atoms with van der Waals surface area (Å²) in [6.07, 6.45) is 0.934. The van der Waals surface area contributed by atoms with Crippen molar-refractivity contribution in [1.82, 2.24) is 15.3 Å². The smallest absolute Gasteiger partial charge is 0.241 e. The van der Waals surface area contributed by atoms with Crippen LogP contribution in [0.15, 0.2) is 6.07 Å². The van der Waals surface area contributed by atoms with Crippen molar-refractivity contribution in [1.29, 1.82) is 0 Å². The quantitative estimate of drug-likeness (QED) is 0.851. The van der Waals surface area contributed by atoms with Crippen LogP contribution in [0.2, 0.25) is 5.28 Å². The zero-order chi connectivity index (χ0) is 14.0. The van der Waals surface area contributed by atoms with Crippen LogP contribution in [0.1, 0.15) is 18.7 Å². The van der Waals surface area contributed by atoms with Crippen molar-refractivity contribution in [3.05, 3.63) is 16.2 Å². The van der Waals surface area contributed by atoms with Gasteiger partial charge in [-0.2, -0.15) is 0 Å². The molecule has 0 bridgehead atoms. The molecule has 1 atom stereocenters. The van der Waals surface area contributed by atoms with E-state index in [2.05, 4.69) is 27.5 Å². The number of anilines is 1. The first-order valence-corrected chi connectivity index (χ1v) is 7.18. The van der Waals surface area contributed by atoms with Crippen molar-refractivity contribution in [3.63, 3.8) is 0 Å². The van der Waals surface area contributed by atoms with E-state index in [1.807, 2.05) is 6.07 Å². The Balaban J connectivity index is 2.41. The van der Waals surface area contributed by atoms with E-state index in [4.69, 9.17) is 11.6 Å². The van der Waals surface area contributed by atoms with E-state index in [0.29, 0.717) is 5.82 Å². The lowest BCUT2D eigenvalue weighted by molar-refractivity contribution is -0.121. The molecule has 2 aromatic rings. The van der Waals surface area contributed by atoms with Crippen LogP contribution < -0.4 is 10.6 Å². The first kappa shape index (κ1) is 14.0. The number of amides is 1. The zero-order valence-corrected chi connectivity index (χ0v) is 12.5. The molecule has 0 saturated carbocycles. The van der Waals surface area contributed by atoms with Gasteiger partial charge in [0.2, 0.25) is 11.2 Å². The van der Waals surface area contributed by atoms with Crippen LogP contribution in [0.4, 0.5) is 5.82 Å². The second kappa shape index (κ2) is 5.71. The average Bonchev–Trinajstić information content (AvgIpc) is 2.80. The molecule has 19 heavy (non-hydrogen) atoms. The molecule has 0 fully saturated rings. The molecular weight excluding hydrogens is 284 g/mol. The molecule has 0 spiro atoms. The van der Waals surface area contributed by atoms with Crippen molar-refractivity contribution in [3.8, 4) is 0 Å². The number of fused-ring (bicyclic) bond motifs is 1. The van der Waals surface area contributed by atoms with Crippen molar-refractivity contribution in [2.75, 3.05) is 12.4 Å². The highest BCUT2D eigenvalue weighted by molar-refractivity contribution is 7.18. The summed E-state index contributed by atoms with van der Waals surface area (Å²) in [5.74, 6) is 0.496. The summed E-state index contributed by atoms with van der Waals surface area (Å²) in [5, 5.41) is 6.75. The molecule has 1 unspecified atom stereocenters. The SMILES string of the molecule is CCc1cc2c(NC(C)C(=O)NC)nc(Cl)nc2s1. The molecule has 0 aliphatic carbocycles. The second-order valence-corrected chi connectivity index (χ2v) is 5.56. The Hall–Kier alpha value is -1.40. The number of halogens is 1. The highest BCUT2D eigenvalue weighted by Gasteiger charge is 2.15. The fourth-order valence-corrected chi connectivity index (χ4v) is 2.90. The predicted molar refractivity (Wildman–Crippen MR) is 79.0 cm³/mol. The maximum Gasteiger partial charge on any atom is 0.241 e. The number of rotatable bonds is 4. The second-order valence-electron chi connectivity index (χ2n) is 4.11. The van der Waals surface area contributed by atoms with Gasteiger partial charge in [0.05, 0.1) is 5.39 Å². The topological polar surface area (TPSA) is 66.9 Å². The van der Waals surface area contributed by atoms with E-state index in [1.54, 1.807) is 25.3 Å². The lowest BCUT2D eigenvalue weighted by Crippen LogP contribution is -2.35. The van der Waals surface area contributed by atoms with E-state index in [1.165, 1.54) is 4.88 Å². The molecule has 0 aliphatic heterocycles. The van der Waals surface area contributed by atoms with Gasteiger partial charge < -0.3 is 10.6 Å². The fourth-order valence-electron chi connectivity index (χ4n) is 1.72. The number of aryl methyl sites for hydroxylation is 1. The van der Waals surface area contributed by atoms with Crippen LogP contribution in [0.5, 0.6) is 0 Å². The highest BCUT2D eigenvalue weighted by Crippen LogP contribution is 2.30. The van der Waals surface area contributed by atoms with E-state index in [-0.39, 0.29) is 17.2 Å². The van der Waals surface area contributed by atoms with Crippen LogP contribution in [-0.4, -0.2) is 29.0 Å². The monoisotopic (exact) mass is 298 g/mol. The molecule has 0 saturated heterocycles. The summed E-state index contributed by atoms with van der Waals surface area (Å²) in [7, 11) is 1.60. The third-order valence-corrected chi connectivity index (χ3v) is 4.10. The predicted octanol–water partition coefficient (Wildman–Crippen LogP) is 2.45. The van der Waals surface area contributed by atoms with E-state index >= 15 is 0 Å². The Morgan fingerprint density at radius 1 is 1.53 bits per heavy atom. The van der Waals surface area contributed by atoms with Gasteiger partial charge in [0.25, 0.3) is 0 Å². The number of hydrogen-bond acceptors (Lipinski definition) is 5. The lowest BCUT2D eigenvalue weighted by Gasteiger charge is -2.13. The van der Waals surface area contributed by atoms with Gasteiger partial charge in [-0.3, -0.25) is 4.79 Å². The Bertz CT molecular complexity index is 613. The largest absolute Gasteiger partial charge is 0.358 e. The highest BCUT2D eigenvalue weighted by atomic mass is 35.5. The van der Waals surface area contributed by atoms with E-state index in [9.17, 15) is 4.79 Å². The minimum Gasteiger partial charge on any atom is -0.358 e. The Kier molecular flexibility index (Phi) is 4.21.